The fraction of sp³-hybridized carbons (Fsp3) is 0.562. The first kappa shape index (κ1) is 14.4. The van der Waals surface area contributed by atoms with Crippen LogP contribution in [0, 0.1) is 0 Å². The van der Waals surface area contributed by atoms with E-state index < -0.39 is 0 Å². The normalized spacial score (nSPS) is 30.4. The average molecular weight is 290 g/mol. The second-order valence-electron chi connectivity index (χ2n) is 5.81. The Morgan fingerprint density at radius 1 is 1.14 bits per heavy atom. The van der Waals surface area contributed by atoms with Crippen LogP contribution >= 0.6 is 0 Å². The molecule has 1 aromatic carbocycles. The van der Waals surface area contributed by atoms with Crippen molar-refractivity contribution in [1.82, 2.24) is 10.6 Å². The van der Waals surface area contributed by atoms with Gasteiger partial charge in [-0.15, -0.1) is 0 Å². The Labute approximate surface area is 125 Å². The second-order valence-corrected chi connectivity index (χ2v) is 5.81. The monoisotopic (exact) mass is 290 g/mol. The SMILES string of the molecule is COC1CC(NC(=O)N[C@@H]2Cc3ccccc3[C@@H]2OC)C1. The van der Waals surface area contributed by atoms with Crippen LogP contribution in [0.25, 0.3) is 0 Å². The minimum Gasteiger partial charge on any atom is -0.381 e. The minimum absolute atomic E-state index is 0.00861. The number of hydrogen-bond acceptors (Lipinski definition) is 3. The molecule has 0 aromatic heterocycles. The molecule has 2 atom stereocenters. The zero-order valence-electron chi connectivity index (χ0n) is 12.5. The first-order valence-electron chi connectivity index (χ1n) is 7.41. The van der Waals surface area contributed by atoms with Crippen molar-refractivity contribution in [2.75, 3.05) is 14.2 Å². The van der Waals surface area contributed by atoms with E-state index in [1.54, 1.807) is 14.2 Å². The number of amides is 2. The van der Waals surface area contributed by atoms with Crippen molar-refractivity contribution < 1.29 is 14.3 Å². The van der Waals surface area contributed by atoms with Gasteiger partial charge < -0.3 is 20.1 Å². The molecule has 0 spiro atoms. The molecular formula is C16H22N2O3. The highest BCUT2D eigenvalue weighted by molar-refractivity contribution is 5.75. The maximum absolute atomic E-state index is 12.1. The summed E-state index contributed by atoms with van der Waals surface area (Å²) in [6.07, 6.45) is 2.82. The van der Waals surface area contributed by atoms with Crippen LogP contribution in [-0.4, -0.2) is 38.4 Å². The minimum atomic E-state index is -0.116. The molecule has 2 aliphatic rings. The third kappa shape index (κ3) is 2.89. The summed E-state index contributed by atoms with van der Waals surface area (Å²) < 4.78 is 10.8. The Morgan fingerprint density at radius 3 is 2.62 bits per heavy atom. The number of fused-ring (bicyclic) bond motifs is 1. The molecule has 2 N–H and O–H groups in total. The van der Waals surface area contributed by atoms with E-state index in [1.807, 2.05) is 12.1 Å². The van der Waals surface area contributed by atoms with Crippen molar-refractivity contribution in [2.24, 2.45) is 0 Å². The largest absolute Gasteiger partial charge is 0.381 e. The van der Waals surface area contributed by atoms with Gasteiger partial charge in [0.05, 0.1) is 12.1 Å². The van der Waals surface area contributed by atoms with Gasteiger partial charge in [0.15, 0.2) is 0 Å². The van der Waals surface area contributed by atoms with Crippen LogP contribution in [0.4, 0.5) is 4.79 Å². The van der Waals surface area contributed by atoms with Crippen LogP contribution in [-0.2, 0) is 15.9 Å². The Morgan fingerprint density at radius 2 is 1.90 bits per heavy atom. The Kier molecular flexibility index (Phi) is 4.12. The summed E-state index contributed by atoms with van der Waals surface area (Å²) in [5.74, 6) is 0. The first-order valence-corrected chi connectivity index (χ1v) is 7.41. The molecule has 114 valence electrons. The Hall–Kier alpha value is -1.59. The van der Waals surface area contributed by atoms with E-state index >= 15 is 0 Å². The summed E-state index contributed by atoms with van der Waals surface area (Å²) in [7, 11) is 3.40. The number of nitrogens with one attached hydrogen (secondary N) is 2. The maximum Gasteiger partial charge on any atom is 0.315 e. The van der Waals surface area contributed by atoms with Crippen LogP contribution < -0.4 is 10.6 Å². The maximum atomic E-state index is 12.1. The first-order chi connectivity index (χ1) is 10.2. The lowest BCUT2D eigenvalue weighted by atomic mass is 9.89. The fourth-order valence-electron chi connectivity index (χ4n) is 3.25. The van der Waals surface area contributed by atoms with Crippen LogP contribution in [0.5, 0.6) is 0 Å². The molecule has 3 rings (SSSR count). The smallest absolute Gasteiger partial charge is 0.315 e. The van der Waals surface area contributed by atoms with E-state index in [9.17, 15) is 4.79 Å². The number of carbonyl (C=O) groups excluding carboxylic acids is 1. The summed E-state index contributed by atoms with van der Waals surface area (Å²) in [5.41, 5.74) is 2.42. The molecule has 1 fully saturated rings. The zero-order valence-corrected chi connectivity index (χ0v) is 12.5. The number of benzene rings is 1. The highest BCUT2D eigenvalue weighted by Crippen LogP contribution is 2.33. The van der Waals surface area contributed by atoms with Crippen molar-refractivity contribution in [1.29, 1.82) is 0 Å². The molecule has 2 amide bonds. The summed E-state index contributed by atoms with van der Waals surface area (Å²) in [5, 5.41) is 6.04. The molecular weight excluding hydrogens is 268 g/mol. The number of hydrogen-bond donors (Lipinski definition) is 2. The topological polar surface area (TPSA) is 59.6 Å². The van der Waals surface area contributed by atoms with Crippen molar-refractivity contribution in [3.05, 3.63) is 35.4 Å². The van der Waals surface area contributed by atoms with E-state index in [-0.39, 0.29) is 30.3 Å². The molecule has 0 saturated heterocycles. The van der Waals surface area contributed by atoms with Crippen LogP contribution in [0.2, 0.25) is 0 Å². The van der Waals surface area contributed by atoms with E-state index in [2.05, 4.69) is 22.8 Å². The van der Waals surface area contributed by atoms with Gasteiger partial charge in [0.2, 0.25) is 0 Å². The van der Waals surface area contributed by atoms with Gasteiger partial charge in [-0.05, 0) is 30.4 Å². The highest BCUT2D eigenvalue weighted by Gasteiger charge is 2.35. The third-order valence-corrected chi connectivity index (χ3v) is 4.50. The standard InChI is InChI=1S/C16H22N2O3/c1-20-12-8-11(9-12)17-16(19)18-14-7-10-5-3-4-6-13(10)15(14)21-2/h3-6,11-12,14-15H,7-9H2,1-2H3,(H2,17,18,19)/t11?,12?,14-,15+/m1/s1. The number of ether oxygens (including phenoxy) is 2. The second kappa shape index (κ2) is 6.03. The van der Waals surface area contributed by atoms with E-state index in [0.29, 0.717) is 0 Å². The number of carbonyl (C=O) groups is 1. The number of urea groups is 1. The highest BCUT2D eigenvalue weighted by atomic mass is 16.5. The molecule has 0 aliphatic heterocycles. The summed E-state index contributed by atoms with van der Waals surface area (Å²) in [6, 6.07) is 8.29. The lowest BCUT2D eigenvalue weighted by molar-refractivity contribution is 0.0200. The molecule has 21 heavy (non-hydrogen) atoms. The average Bonchev–Trinajstić information content (AvgIpc) is 2.79. The van der Waals surface area contributed by atoms with Gasteiger partial charge in [0.25, 0.3) is 0 Å². The van der Waals surface area contributed by atoms with Gasteiger partial charge in [-0.25, -0.2) is 4.79 Å². The number of rotatable bonds is 4. The lowest BCUT2D eigenvalue weighted by Gasteiger charge is -2.35. The molecule has 0 radical (unpaired) electrons. The molecule has 1 saturated carbocycles. The lowest BCUT2D eigenvalue weighted by Crippen LogP contribution is -2.53. The number of methoxy groups -OCH3 is 2. The third-order valence-electron chi connectivity index (χ3n) is 4.50. The van der Waals surface area contributed by atoms with Crippen molar-refractivity contribution in [3.8, 4) is 0 Å². The summed E-state index contributed by atoms with van der Waals surface area (Å²) >= 11 is 0. The van der Waals surface area contributed by atoms with Crippen molar-refractivity contribution in [2.45, 2.75) is 43.6 Å². The van der Waals surface area contributed by atoms with Gasteiger partial charge in [0, 0.05) is 20.3 Å². The van der Waals surface area contributed by atoms with Crippen LogP contribution in [0.3, 0.4) is 0 Å². The van der Waals surface area contributed by atoms with Gasteiger partial charge in [-0.1, -0.05) is 24.3 Å². The molecule has 5 heteroatoms. The molecule has 1 aromatic rings. The van der Waals surface area contributed by atoms with Crippen molar-refractivity contribution >= 4 is 6.03 Å². The molecule has 0 heterocycles. The van der Waals surface area contributed by atoms with E-state index in [4.69, 9.17) is 9.47 Å². The van der Waals surface area contributed by atoms with E-state index in [0.717, 1.165) is 19.3 Å². The fourth-order valence-corrected chi connectivity index (χ4v) is 3.25. The van der Waals surface area contributed by atoms with E-state index in [1.165, 1.54) is 11.1 Å². The Balaban J connectivity index is 1.55. The molecule has 5 nitrogen and oxygen atoms in total. The molecule has 0 unspecified atom stereocenters. The van der Waals surface area contributed by atoms with Gasteiger partial charge in [-0.2, -0.15) is 0 Å². The predicted molar refractivity (Wildman–Crippen MR) is 79.2 cm³/mol. The van der Waals surface area contributed by atoms with Gasteiger partial charge in [-0.3, -0.25) is 0 Å². The van der Waals surface area contributed by atoms with Gasteiger partial charge in [0.1, 0.15) is 6.10 Å². The summed E-state index contributed by atoms with van der Waals surface area (Å²) in [6.45, 7) is 0. The van der Waals surface area contributed by atoms with Crippen LogP contribution in [0.1, 0.15) is 30.1 Å². The Bertz CT molecular complexity index is 514. The zero-order chi connectivity index (χ0) is 14.8. The van der Waals surface area contributed by atoms with Crippen LogP contribution in [0.15, 0.2) is 24.3 Å². The van der Waals surface area contributed by atoms with Crippen molar-refractivity contribution in [3.63, 3.8) is 0 Å². The van der Waals surface area contributed by atoms with Gasteiger partial charge >= 0.3 is 6.03 Å². The summed E-state index contributed by atoms with van der Waals surface area (Å²) in [4.78, 5) is 12.1. The quantitative estimate of drug-likeness (QED) is 0.888. The molecule has 2 aliphatic carbocycles. The predicted octanol–water partition coefficient (Wildman–Crippen LogP) is 1.78. The molecule has 0 bridgehead atoms.